The van der Waals surface area contributed by atoms with Crippen LogP contribution in [0.15, 0.2) is 24.3 Å². The molecule has 1 saturated heterocycles. The van der Waals surface area contributed by atoms with Gasteiger partial charge in [0.2, 0.25) is 5.91 Å². The van der Waals surface area contributed by atoms with Gasteiger partial charge < -0.3 is 15.0 Å². The van der Waals surface area contributed by atoms with E-state index >= 15 is 0 Å². The topological polar surface area (TPSA) is 58.6 Å². The van der Waals surface area contributed by atoms with Gasteiger partial charge in [-0.1, -0.05) is 26.0 Å². The maximum Gasteiger partial charge on any atom is 0.254 e. The molecule has 4 saturated carbocycles. The SMILES string of the molecule is CC12CC3CC(C)(C1)CC(C(=O)NCc1ccc(C(=O)N4CCOCC4)cc1)(C3)C2. The van der Waals surface area contributed by atoms with E-state index in [9.17, 15) is 9.59 Å². The van der Waals surface area contributed by atoms with Crippen LogP contribution in [0.3, 0.4) is 0 Å². The fourth-order valence-corrected chi connectivity index (χ4v) is 7.78. The second-order valence-corrected chi connectivity index (χ2v) is 11.2. The summed E-state index contributed by atoms with van der Waals surface area (Å²) in [4.78, 5) is 27.8. The molecule has 2 amide bonds. The molecule has 1 aliphatic heterocycles. The molecule has 0 spiro atoms. The van der Waals surface area contributed by atoms with Gasteiger partial charge in [-0.05, 0) is 73.0 Å². The Morgan fingerprint density at radius 1 is 1.00 bits per heavy atom. The summed E-state index contributed by atoms with van der Waals surface area (Å²) < 4.78 is 5.32. The third-order valence-corrected chi connectivity index (χ3v) is 8.06. The zero-order valence-corrected chi connectivity index (χ0v) is 18.3. The van der Waals surface area contributed by atoms with Gasteiger partial charge in [0.05, 0.1) is 18.6 Å². The van der Waals surface area contributed by atoms with Gasteiger partial charge in [-0.2, -0.15) is 0 Å². The van der Waals surface area contributed by atoms with Crippen molar-refractivity contribution in [2.24, 2.45) is 22.2 Å². The van der Waals surface area contributed by atoms with E-state index in [1.807, 2.05) is 29.2 Å². The summed E-state index contributed by atoms with van der Waals surface area (Å²) in [6.07, 6.45) is 7.05. The van der Waals surface area contributed by atoms with Crippen LogP contribution in [0.4, 0.5) is 0 Å². The van der Waals surface area contributed by atoms with Crippen LogP contribution in [0.5, 0.6) is 0 Å². The maximum atomic E-state index is 13.4. The van der Waals surface area contributed by atoms with Gasteiger partial charge in [-0.3, -0.25) is 9.59 Å². The lowest BCUT2D eigenvalue weighted by molar-refractivity contribution is -0.170. The zero-order valence-electron chi connectivity index (χ0n) is 18.3. The number of ether oxygens (including phenoxy) is 1. The van der Waals surface area contributed by atoms with Gasteiger partial charge in [0.25, 0.3) is 5.91 Å². The highest BCUT2D eigenvalue weighted by molar-refractivity contribution is 5.94. The number of carbonyl (C=O) groups excluding carboxylic acids is 2. The van der Waals surface area contributed by atoms with Crippen molar-refractivity contribution in [2.45, 2.75) is 58.9 Å². The normalized spacial score (nSPS) is 37.3. The number of nitrogens with one attached hydrogen (secondary N) is 1. The van der Waals surface area contributed by atoms with Crippen LogP contribution in [0.2, 0.25) is 0 Å². The predicted molar refractivity (Wildman–Crippen MR) is 115 cm³/mol. The fraction of sp³-hybridized carbons (Fsp3) is 0.680. The molecule has 162 valence electrons. The van der Waals surface area contributed by atoms with Crippen molar-refractivity contribution < 1.29 is 14.3 Å². The van der Waals surface area contributed by atoms with E-state index < -0.39 is 0 Å². The van der Waals surface area contributed by atoms with Gasteiger partial charge in [-0.25, -0.2) is 0 Å². The number of hydrogen-bond donors (Lipinski definition) is 1. The molecular weight excluding hydrogens is 376 g/mol. The van der Waals surface area contributed by atoms with Crippen LogP contribution in [0.25, 0.3) is 0 Å². The first kappa shape index (κ1) is 20.0. The average Bonchev–Trinajstić information content (AvgIpc) is 2.70. The first-order valence-corrected chi connectivity index (χ1v) is 11.5. The highest BCUT2D eigenvalue weighted by atomic mass is 16.5. The van der Waals surface area contributed by atoms with Crippen molar-refractivity contribution in [3.63, 3.8) is 0 Å². The minimum Gasteiger partial charge on any atom is -0.378 e. The monoisotopic (exact) mass is 410 g/mol. The molecule has 2 unspecified atom stereocenters. The Kier molecular flexibility index (Phi) is 4.73. The van der Waals surface area contributed by atoms with E-state index in [4.69, 9.17) is 4.74 Å². The van der Waals surface area contributed by atoms with Gasteiger partial charge in [0.1, 0.15) is 0 Å². The molecule has 1 aromatic carbocycles. The molecule has 5 fully saturated rings. The van der Waals surface area contributed by atoms with Crippen molar-refractivity contribution in [3.8, 4) is 0 Å². The van der Waals surface area contributed by atoms with Gasteiger partial charge >= 0.3 is 0 Å². The quantitative estimate of drug-likeness (QED) is 0.822. The minimum absolute atomic E-state index is 0.0592. The number of rotatable bonds is 4. The molecule has 0 radical (unpaired) electrons. The van der Waals surface area contributed by atoms with Crippen LogP contribution in [0.1, 0.15) is 68.3 Å². The van der Waals surface area contributed by atoms with Crippen LogP contribution < -0.4 is 5.32 Å². The fourth-order valence-electron chi connectivity index (χ4n) is 7.78. The summed E-state index contributed by atoms with van der Waals surface area (Å²) >= 11 is 0. The van der Waals surface area contributed by atoms with E-state index in [2.05, 4.69) is 19.2 Å². The molecule has 6 rings (SSSR count). The summed E-state index contributed by atoms with van der Waals surface area (Å²) in [5.74, 6) is 1.02. The van der Waals surface area contributed by atoms with Crippen LogP contribution in [-0.4, -0.2) is 43.0 Å². The molecule has 1 N–H and O–H groups in total. The minimum atomic E-state index is -0.171. The Bertz CT molecular complexity index is 824. The zero-order chi connectivity index (χ0) is 21.0. The number of hydrogen-bond acceptors (Lipinski definition) is 3. The lowest BCUT2D eigenvalue weighted by Gasteiger charge is -2.64. The van der Waals surface area contributed by atoms with E-state index in [1.165, 1.54) is 19.3 Å². The summed E-state index contributed by atoms with van der Waals surface area (Å²) in [7, 11) is 0. The molecule has 30 heavy (non-hydrogen) atoms. The summed E-state index contributed by atoms with van der Waals surface area (Å²) in [5, 5.41) is 3.25. The predicted octanol–water partition coefficient (Wildman–Crippen LogP) is 3.77. The van der Waals surface area contributed by atoms with E-state index in [0.29, 0.717) is 55.2 Å². The molecule has 1 heterocycles. The average molecular weight is 411 g/mol. The van der Waals surface area contributed by atoms with Crippen LogP contribution in [0, 0.1) is 22.2 Å². The number of carbonyl (C=O) groups is 2. The largest absolute Gasteiger partial charge is 0.378 e. The maximum absolute atomic E-state index is 13.4. The number of morpholine rings is 1. The first-order valence-electron chi connectivity index (χ1n) is 11.5. The summed E-state index contributed by atoms with van der Waals surface area (Å²) in [6.45, 7) is 7.86. The lowest BCUT2D eigenvalue weighted by atomic mass is 9.40. The van der Waals surface area contributed by atoms with Crippen molar-refractivity contribution in [2.75, 3.05) is 26.3 Å². The third-order valence-electron chi connectivity index (χ3n) is 8.06. The molecule has 5 heteroatoms. The Labute approximate surface area is 179 Å². The second-order valence-electron chi connectivity index (χ2n) is 11.2. The number of benzene rings is 1. The van der Waals surface area contributed by atoms with Crippen molar-refractivity contribution in [1.29, 1.82) is 0 Å². The molecular formula is C25H34N2O3. The Hall–Kier alpha value is -1.88. The lowest BCUT2D eigenvalue weighted by Crippen LogP contribution is -2.59. The van der Waals surface area contributed by atoms with Gasteiger partial charge in [-0.15, -0.1) is 0 Å². The third kappa shape index (κ3) is 3.55. The summed E-state index contributed by atoms with van der Waals surface area (Å²) in [5.41, 5.74) is 2.26. The van der Waals surface area contributed by atoms with E-state index in [0.717, 1.165) is 24.8 Å². The van der Waals surface area contributed by atoms with E-state index in [1.54, 1.807) is 0 Å². The van der Waals surface area contributed by atoms with E-state index in [-0.39, 0.29) is 17.2 Å². The number of amides is 2. The molecule has 0 aromatic heterocycles. The Morgan fingerprint density at radius 3 is 2.23 bits per heavy atom. The molecule has 5 aliphatic rings. The van der Waals surface area contributed by atoms with Crippen LogP contribution >= 0.6 is 0 Å². The Balaban J connectivity index is 1.22. The highest BCUT2D eigenvalue weighted by Crippen LogP contribution is 2.69. The summed E-state index contributed by atoms with van der Waals surface area (Å²) in [6, 6.07) is 7.70. The molecule has 5 nitrogen and oxygen atoms in total. The molecule has 4 aliphatic carbocycles. The molecule has 4 bridgehead atoms. The van der Waals surface area contributed by atoms with Crippen LogP contribution in [-0.2, 0) is 16.1 Å². The van der Waals surface area contributed by atoms with Gasteiger partial charge in [0, 0.05) is 25.2 Å². The second kappa shape index (κ2) is 7.08. The molecule has 1 aromatic rings. The number of nitrogens with zero attached hydrogens (tertiary/aromatic N) is 1. The van der Waals surface area contributed by atoms with Crippen molar-refractivity contribution in [1.82, 2.24) is 10.2 Å². The smallest absolute Gasteiger partial charge is 0.254 e. The molecule has 2 atom stereocenters. The van der Waals surface area contributed by atoms with Crippen molar-refractivity contribution in [3.05, 3.63) is 35.4 Å². The van der Waals surface area contributed by atoms with Crippen molar-refractivity contribution >= 4 is 11.8 Å². The van der Waals surface area contributed by atoms with Gasteiger partial charge in [0.15, 0.2) is 0 Å². The Morgan fingerprint density at radius 2 is 1.63 bits per heavy atom. The standard InChI is InChI=1S/C25H34N2O3/c1-23-11-19-12-24(2,15-23)17-25(13-19,16-23)22(29)26-14-18-3-5-20(6-4-18)21(28)27-7-9-30-10-8-27/h3-6,19H,7-17H2,1-2H3,(H,26,29). The first-order chi connectivity index (χ1) is 14.3. The highest BCUT2D eigenvalue weighted by Gasteiger charge is 2.62.